The summed E-state index contributed by atoms with van der Waals surface area (Å²) in [5.41, 5.74) is 4.22. The SMILES string of the molecule is O=C(N/N=C1/C[C@H]2C=CC[C@H]12)c1cc(Br)c[nH]1. The lowest BCUT2D eigenvalue weighted by atomic mass is 9.74. The van der Waals surface area contributed by atoms with E-state index in [-0.39, 0.29) is 5.91 Å². The molecular formula is C12H12BrN3O. The normalized spacial score (nSPS) is 27.9. The summed E-state index contributed by atoms with van der Waals surface area (Å²) >= 11 is 3.29. The zero-order valence-electron chi connectivity index (χ0n) is 9.11. The van der Waals surface area contributed by atoms with Crippen molar-refractivity contribution in [3.63, 3.8) is 0 Å². The Morgan fingerprint density at radius 3 is 3.18 bits per heavy atom. The van der Waals surface area contributed by atoms with E-state index < -0.39 is 0 Å². The van der Waals surface area contributed by atoms with Gasteiger partial charge in [-0.15, -0.1) is 0 Å². The van der Waals surface area contributed by atoms with Gasteiger partial charge in [-0.2, -0.15) is 5.10 Å². The maximum atomic E-state index is 11.7. The summed E-state index contributed by atoms with van der Waals surface area (Å²) in [4.78, 5) is 14.6. The molecule has 4 nitrogen and oxygen atoms in total. The lowest BCUT2D eigenvalue weighted by molar-refractivity contribution is 0.0949. The van der Waals surface area contributed by atoms with Gasteiger partial charge in [-0.05, 0) is 40.8 Å². The minimum Gasteiger partial charge on any atom is -0.356 e. The summed E-state index contributed by atoms with van der Waals surface area (Å²) in [6.45, 7) is 0. The highest BCUT2D eigenvalue weighted by atomic mass is 79.9. The van der Waals surface area contributed by atoms with Crippen LogP contribution >= 0.6 is 15.9 Å². The Labute approximate surface area is 107 Å². The highest BCUT2D eigenvalue weighted by Crippen LogP contribution is 2.40. The average molecular weight is 294 g/mol. The van der Waals surface area contributed by atoms with Crippen LogP contribution in [0.3, 0.4) is 0 Å². The number of hydrogen-bond donors (Lipinski definition) is 2. The molecule has 0 aromatic carbocycles. The van der Waals surface area contributed by atoms with Gasteiger partial charge in [0.1, 0.15) is 5.69 Å². The van der Waals surface area contributed by atoms with Gasteiger partial charge in [0, 0.05) is 22.3 Å². The van der Waals surface area contributed by atoms with E-state index in [1.165, 1.54) is 0 Å². The molecule has 0 radical (unpaired) electrons. The predicted octanol–water partition coefficient (Wildman–Crippen LogP) is 2.46. The number of amides is 1. The summed E-state index contributed by atoms with van der Waals surface area (Å²) in [7, 11) is 0. The van der Waals surface area contributed by atoms with Gasteiger partial charge in [-0.25, -0.2) is 5.43 Å². The number of aromatic amines is 1. The Morgan fingerprint density at radius 1 is 1.59 bits per heavy atom. The molecule has 1 aromatic heterocycles. The lowest BCUT2D eigenvalue weighted by Crippen LogP contribution is -2.35. The van der Waals surface area contributed by atoms with Gasteiger partial charge in [0.15, 0.2) is 0 Å². The first kappa shape index (κ1) is 10.8. The Morgan fingerprint density at radius 2 is 2.47 bits per heavy atom. The molecule has 3 rings (SSSR count). The molecule has 2 N–H and O–H groups in total. The van der Waals surface area contributed by atoms with Crippen LogP contribution in [0.1, 0.15) is 23.3 Å². The zero-order valence-corrected chi connectivity index (χ0v) is 10.7. The van der Waals surface area contributed by atoms with Crippen molar-refractivity contribution in [2.45, 2.75) is 12.8 Å². The molecule has 1 saturated carbocycles. The fraction of sp³-hybridized carbons (Fsp3) is 0.333. The first-order valence-corrected chi connectivity index (χ1v) is 6.40. The lowest BCUT2D eigenvalue weighted by Gasteiger charge is -2.31. The number of nitrogens with zero attached hydrogens (tertiary/aromatic N) is 1. The molecule has 0 spiro atoms. The molecule has 17 heavy (non-hydrogen) atoms. The van der Waals surface area contributed by atoms with E-state index in [0.717, 1.165) is 23.0 Å². The number of H-pyrrole nitrogens is 1. The first-order chi connectivity index (χ1) is 8.24. The van der Waals surface area contributed by atoms with Gasteiger partial charge in [-0.1, -0.05) is 12.2 Å². The van der Waals surface area contributed by atoms with Crippen LogP contribution in [0.5, 0.6) is 0 Å². The zero-order chi connectivity index (χ0) is 11.8. The van der Waals surface area contributed by atoms with E-state index in [1.807, 2.05) is 0 Å². The molecule has 5 heteroatoms. The van der Waals surface area contributed by atoms with Crippen LogP contribution < -0.4 is 5.43 Å². The summed E-state index contributed by atoms with van der Waals surface area (Å²) in [5.74, 6) is 0.994. The number of allylic oxidation sites excluding steroid dienone is 2. The van der Waals surface area contributed by atoms with Crippen LogP contribution in [0.15, 0.2) is 34.0 Å². The summed E-state index contributed by atoms with van der Waals surface area (Å²) in [6, 6.07) is 1.73. The maximum absolute atomic E-state index is 11.7. The molecule has 0 unspecified atom stereocenters. The molecule has 2 aliphatic carbocycles. The Balaban J connectivity index is 1.61. The van der Waals surface area contributed by atoms with Crippen LogP contribution in [0.4, 0.5) is 0 Å². The number of carbonyl (C=O) groups excluding carboxylic acids is 1. The molecule has 2 aliphatic rings. The van der Waals surface area contributed by atoms with Crippen LogP contribution in [-0.4, -0.2) is 16.6 Å². The quantitative estimate of drug-likeness (QED) is 0.639. The predicted molar refractivity (Wildman–Crippen MR) is 68.7 cm³/mol. The van der Waals surface area contributed by atoms with E-state index in [9.17, 15) is 4.79 Å². The third-order valence-electron chi connectivity index (χ3n) is 3.36. The van der Waals surface area contributed by atoms with Gasteiger partial charge >= 0.3 is 0 Å². The third kappa shape index (κ3) is 1.95. The smallest absolute Gasteiger partial charge is 0.287 e. The van der Waals surface area contributed by atoms with Crippen LogP contribution in [0.25, 0.3) is 0 Å². The highest BCUT2D eigenvalue weighted by molar-refractivity contribution is 9.10. The molecule has 0 saturated heterocycles. The van der Waals surface area contributed by atoms with E-state index in [1.54, 1.807) is 12.3 Å². The number of fused-ring (bicyclic) bond motifs is 1. The van der Waals surface area contributed by atoms with E-state index in [0.29, 0.717) is 17.5 Å². The van der Waals surface area contributed by atoms with Crippen LogP contribution in [0.2, 0.25) is 0 Å². The number of nitrogens with one attached hydrogen (secondary N) is 2. The number of hydrazone groups is 1. The Bertz CT molecular complexity index is 518. The molecule has 0 aliphatic heterocycles. The number of hydrogen-bond acceptors (Lipinski definition) is 2. The van der Waals surface area contributed by atoms with Crippen molar-refractivity contribution < 1.29 is 4.79 Å². The standard InChI is InChI=1S/C12H12BrN3O/c13-8-5-11(14-6-8)12(17)16-15-10-4-7-2-1-3-9(7)10/h1-2,5-7,9,14H,3-4H2,(H,16,17)/b15-10-/t7-,9+/m1/s1. The van der Waals surface area contributed by atoms with Gasteiger partial charge in [0.05, 0.1) is 0 Å². The molecule has 1 fully saturated rings. The highest BCUT2D eigenvalue weighted by Gasteiger charge is 2.38. The van der Waals surface area contributed by atoms with Crippen molar-refractivity contribution in [2.75, 3.05) is 0 Å². The molecule has 1 heterocycles. The van der Waals surface area contributed by atoms with Crippen molar-refractivity contribution in [2.24, 2.45) is 16.9 Å². The van der Waals surface area contributed by atoms with E-state index >= 15 is 0 Å². The maximum Gasteiger partial charge on any atom is 0.287 e. The second-order valence-electron chi connectivity index (χ2n) is 4.41. The molecule has 88 valence electrons. The Hall–Kier alpha value is -1.36. The van der Waals surface area contributed by atoms with Crippen molar-refractivity contribution in [1.82, 2.24) is 10.4 Å². The van der Waals surface area contributed by atoms with Crippen molar-refractivity contribution in [3.05, 3.63) is 34.6 Å². The monoisotopic (exact) mass is 293 g/mol. The number of rotatable bonds is 2. The number of aromatic nitrogens is 1. The Kier molecular flexibility index (Phi) is 2.63. The van der Waals surface area contributed by atoms with Gasteiger partial charge in [-0.3, -0.25) is 4.79 Å². The summed E-state index contributed by atoms with van der Waals surface area (Å²) in [5, 5.41) is 4.20. The minimum atomic E-state index is -0.197. The number of halogens is 1. The minimum absolute atomic E-state index is 0.197. The first-order valence-electron chi connectivity index (χ1n) is 5.61. The fourth-order valence-electron chi connectivity index (χ4n) is 2.35. The van der Waals surface area contributed by atoms with Crippen molar-refractivity contribution in [3.8, 4) is 0 Å². The van der Waals surface area contributed by atoms with Gasteiger partial charge in [0.2, 0.25) is 0 Å². The topological polar surface area (TPSA) is 57.2 Å². The number of carbonyl (C=O) groups is 1. The molecule has 2 atom stereocenters. The summed E-state index contributed by atoms with van der Waals surface area (Å²) < 4.78 is 0.860. The average Bonchev–Trinajstić information content (AvgIpc) is 2.86. The van der Waals surface area contributed by atoms with E-state index in [4.69, 9.17) is 0 Å². The van der Waals surface area contributed by atoms with Gasteiger partial charge in [0.25, 0.3) is 5.91 Å². The van der Waals surface area contributed by atoms with Crippen LogP contribution in [0, 0.1) is 11.8 Å². The second-order valence-corrected chi connectivity index (χ2v) is 5.33. The van der Waals surface area contributed by atoms with Gasteiger partial charge < -0.3 is 4.98 Å². The van der Waals surface area contributed by atoms with Crippen LogP contribution in [-0.2, 0) is 0 Å². The third-order valence-corrected chi connectivity index (χ3v) is 3.81. The fourth-order valence-corrected chi connectivity index (χ4v) is 2.69. The van der Waals surface area contributed by atoms with Crippen molar-refractivity contribution >= 4 is 27.5 Å². The molecule has 0 bridgehead atoms. The molecule has 1 aromatic rings. The molecule has 1 amide bonds. The molecular weight excluding hydrogens is 282 g/mol. The van der Waals surface area contributed by atoms with E-state index in [2.05, 4.69) is 43.6 Å². The van der Waals surface area contributed by atoms with Crippen molar-refractivity contribution in [1.29, 1.82) is 0 Å². The second kappa shape index (κ2) is 4.14. The summed E-state index contributed by atoms with van der Waals surface area (Å²) in [6.07, 6.45) is 8.21. The largest absolute Gasteiger partial charge is 0.356 e.